The first kappa shape index (κ1) is 11.7. The van der Waals surface area contributed by atoms with Gasteiger partial charge in [-0.1, -0.05) is 19.8 Å². The van der Waals surface area contributed by atoms with Gasteiger partial charge in [-0.25, -0.2) is 4.79 Å². The number of piperidine rings is 1. The second-order valence-electron chi connectivity index (χ2n) is 5.72. The molecule has 3 heteroatoms. The summed E-state index contributed by atoms with van der Waals surface area (Å²) in [6, 6.07) is 0.497. The summed E-state index contributed by atoms with van der Waals surface area (Å²) in [6.07, 6.45) is 6.31. The first-order chi connectivity index (χ1) is 7.65. The van der Waals surface area contributed by atoms with Crippen molar-refractivity contribution in [1.82, 2.24) is 10.2 Å². The van der Waals surface area contributed by atoms with Crippen molar-refractivity contribution in [2.45, 2.75) is 52.0 Å². The van der Waals surface area contributed by atoms with Gasteiger partial charge in [0.15, 0.2) is 0 Å². The summed E-state index contributed by atoms with van der Waals surface area (Å²) in [5.41, 5.74) is 0. The first-order valence-electron chi connectivity index (χ1n) is 6.70. The van der Waals surface area contributed by atoms with Crippen LogP contribution in [0.25, 0.3) is 0 Å². The molecule has 2 unspecified atom stereocenters. The topological polar surface area (TPSA) is 32.3 Å². The van der Waals surface area contributed by atoms with E-state index in [1.165, 1.54) is 19.3 Å². The molecule has 2 amide bonds. The van der Waals surface area contributed by atoms with Crippen molar-refractivity contribution < 1.29 is 4.79 Å². The van der Waals surface area contributed by atoms with Crippen molar-refractivity contribution in [3.8, 4) is 0 Å². The summed E-state index contributed by atoms with van der Waals surface area (Å²) in [6.45, 7) is 6.23. The van der Waals surface area contributed by atoms with E-state index in [1.807, 2.05) is 4.90 Å². The van der Waals surface area contributed by atoms with E-state index in [-0.39, 0.29) is 6.03 Å². The summed E-state index contributed by atoms with van der Waals surface area (Å²) >= 11 is 0. The Morgan fingerprint density at radius 2 is 2.19 bits per heavy atom. The number of nitrogens with zero attached hydrogens (tertiary/aromatic N) is 1. The molecule has 1 heterocycles. The fraction of sp³-hybridized carbons (Fsp3) is 0.923. The normalized spacial score (nSPS) is 27.6. The zero-order valence-corrected chi connectivity index (χ0v) is 10.5. The molecule has 3 nitrogen and oxygen atoms in total. The fourth-order valence-electron chi connectivity index (χ4n) is 2.59. The lowest BCUT2D eigenvalue weighted by molar-refractivity contribution is 0.166. The molecule has 0 aromatic rings. The quantitative estimate of drug-likeness (QED) is 0.785. The van der Waals surface area contributed by atoms with Crippen LogP contribution in [0.1, 0.15) is 46.0 Å². The summed E-state index contributed by atoms with van der Waals surface area (Å²) in [5, 5.41) is 3.13. The van der Waals surface area contributed by atoms with E-state index in [9.17, 15) is 4.79 Å². The van der Waals surface area contributed by atoms with Gasteiger partial charge in [-0.15, -0.1) is 0 Å². The summed E-state index contributed by atoms with van der Waals surface area (Å²) in [5.74, 6) is 1.55. The number of amides is 2. The number of rotatable bonds is 3. The number of carbonyl (C=O) groups is 1. The Morgan fingerprint density at radius 3 is 2.81 bits per heavy atom. The predicted octanol–water partition coefficient (Wildman–Crippen LogP) is 2.62. The molecule has 0 aromatic heterocycles. The van der Waals surface area contributed by atoms with Gasteiger partial charge in [-0.3, -0.25) is 0 Å². The van der Waals surface area contributed by atoms with Gasteiger partial charge in [0.2, 0.25) is 0 Å². The van der Waals surface area contributed by atoms with Crippen LogP contribution in [-0.4, -0.2) is 30.1 Å². The van der Waals surface area contributed by atoms with E-state index >= 15 is 0 Å². The molecule has 2 aliphatic rings. The van der Waals surface area contributed by atoms with E-state index in [0.717, 1.165) is 31.8 Å². The standard InChI is InChI=1S/C13H24N2O/c1-10-4-3-7-15(9-10)13(16)14-11(2)8-12-5-6-12/h10-12H,3-9H2,1-2H3,(H,14,16). The second kappa shape index (κ2) is 5.07. The molecule has 1 saturated carbocycles. The molecule has 16 heavy (non-hydrogen) atoms. The lowest BCUT2D eigenvalue weighted by Crippen LogP contribution is -2.47. The number of urea groups is 1. The summed E-state index contributed by atoms with van der Waals surface area (Å²) in [7, 11) is 0. The fourth-order valence-corrected chi connectivity index (χ4v) is 2.59. The van der Waals surface area contributed by atoms with Crippen molar-refractivity contribution in [1.29, 1.82) is 0 Å². The lowest BCUT2D eigenvalue weighted by atomic mass is 10.0. The third-order valence-corrected chi connectivity index (χ3v) is 3.70. The summed E-state index contributed by atoms with van der Waals surface area (Å²) in [4.78, 5) is 14.0. The van der Waals surface area contributed by atoms with Crippen LogP contribution in [0.2, 0.25) is 0 Å². The van der Waals surface area contributed by atoms with Crippen LogP contribution in [-0.2, 0) is 0 Å². The second-order valence-corrected chi connectivity index (χ2v) is 5.72. The number of likely N-dealkylation sites (tertiary alicyclic amines) is 1. The molecule has 1 aliphatic heterocycles. The minimum absolute atomic E-state index is 0.153. The highest BCUT2D eigenvalue weighted by Gasteiger charge is 2.26. The summed E-state index contributed by atoms with van der Waals surface area (Å²) < 4.78 is 0. The highest BCUT2D eigenvalue weighted by atomic mass is 16.2. The van der Waals surface area contributed by atoms with E-state index in [1.54, 1.807) is 0 Å². The van der Waals surface area contributed by atoms with Crippen molar-refractivity contribution >= 4 is 6.03 Å². The number of hydrogen-bond donors (Lipinski definition) is 1. The average Bonchev–Trinajstić information content (AvgIpc) is 3.01. The predicted molar refractivity (Wildman–Crippen MR) is 65.3 cm³/mol. The van der Waals surface area contributed by atoms with Gasteiger partial charge < -0.3 is 10.2 Å². The Labute approximate surface area is 98.6 Å². The van der Waals surface area contributed by atoms with E-state index in [2.05, 4.69) is 19.2 Å². The highest BCUT2D eigenvalue weighted by molar-refractivity contribution is 5.74. The third kappa shape index (κ3) is 3.39. The van der Waals surface area contributed by atoms with Crippen LogP contribution in [0.3, 0.4) is 0 Å². The molecule has 1 saturated heterocycles. The zero-order chi connectivity index (χ0) is 11.5. The molecule has 0 aromatic carbocycles. The van der Waals surface area contributed by atoms with Gasteiger partial charge in [0.05, 0.1) is 0 Å². The van der Waals surface area contributed by atoms with Crippen molar-refractivity contribution in [3.63, 3.8) is 0 Å². The molecular weight excluding hydrogens is 200 g/mol. The minimum atomic E-state index is 0.153. The molecule has 1 N–H and O–H groups in total. The zero-order valence-electron chi connectivity index (χ0n) is 10.5. The van der Waals surface area contributed by atoms with Crippen LogP contribution < -0.4 is 5.32 Å². The van der Waals surface area contributed by atoms with Gasteiger partial charge in [-0.05, 0) is 38.0 Å². The number of nitrogens with one attached hydrogen (secondary N) is 1. The van der Waals surface area contributed by atoms with E-state index in [4.69, 9.17) is 0 Å². The smallest absolute Gasteiger partial charge is 0.317 e. The monoisotopic (exact) mass is 224 g/mol. The highest BCUT2D eigenvalue weighted by Crippen LogP contribution is 2.33. The lowest BCUT2D eigenvalue weighted by Gasteiger charge is -2.32. The molecule has 0 spiro atoms. The van der Waals surface area contributed by atoms with Crippen LogP contribution in [0.5, 0.6) is 0 Å². The molecule has 2 atom stereocenters. The minimum Gasteiger partial charge on any atom is -0.336 e. The molecule has 0 bridgehead atoms. The van der Waals surface area contributed by atoms with E-state index < -0.39 is 0 Å². The van der Waals surface area contributed by atoms with Gasteiger partial charge in [-0.2, -0.15) is 0 Å². The average molecular weight is 224 g/mol. The van der Waals surface area contributed by atoms with Crippen LogP contribution in [0.4, 0.5) is 4.79 Å². The SMILES string of the molecule is CC1CCCN(C(=O)NC(C)CC2CC2)C1. The largest absolute Gasteiger partial charge is 0.336 e. The van der Waals surface area contributed by atoms with Crippen LogP contribution >= 0.6 is 0 Å². The first-order valence-corrected chi connectivity index (χ1v) is 6.70. The van der Waals surface area contributed by atoms with Gasteiger partial charge in [0.1, 0.15) is 0 Å². The third-order valence-electron chi connectivity index (χ3n) is 3.70. The molecule has 92 valence electrons. The Morgan fingerprint density at radius 1 is 1.44 bits per heavy atom. The van der Waals surface area contributed by atoms with Crippen LogP contribution in [0, 0.1) is 11.8 Å². The van der Waals surface area contributed by atoms with Crippen molar-refractivity contribution in [2.24, 2.45) is 11.8 Å². The maximum Gasteiger partial charge on any atom is 0.317 e. The molecule has 2 fully saturated rings. The Bertz CT molecular complexity index is 250. The molecule has 0 radical (unpaired) electrons. The van der Waals surface area contributed by atoms with Crippen LogP contribution in [0.15, 0.2) is 0 Å². The maximum atomic E-state index is 12.0. The van der Waals surface area contributed by atoms with Gasteiger partial charge in [0, 0.05) is 19.1 Å². The Hall–Kier alpha value is -0.730. The Balaban J connectivity index is 1.72. The molecule has 1 aliphatic carbocycles. The van der Waals surface area contributed by atoms with Gasteiger partial charge >= 0.3 is 6.03 Å². The maximum absolute atomic E-state index is 12.0. The number of hydrogen-bond acceptors (Lipinski definition) is 1. The van der Waals surface area contributed by atoms with Gasteiger partial charge in [0.25, 0.3) is 0 Å². The van der Waals surface area contributed by atoms with Crippen molar-refractivity contribution in [3.05, 3.63) is 0 Å². The Kier molecular flexibility index (Phi) is 3.72. The number of carbonyl (C=O) groups excluding carboxylic acids is 1. The molecule has 2 rings (SSSR count). The van der Waals surface area contributed by atoms with Crippen molar-refractivity contribution in [2.75, 3.05) is 13.1 Å². The van der Waals surface area contributed by atoms with E-state index in [0.29, 0.717) is 12.0 Å². The molecular formula is C13H24N2O.